The van der Waals surface area contributed by atoms with Crippen LogP contribution in [0.25, 0.3) is 10.8 Å². The van der Waals surface area contributed by atoms with E-state index in [4.69, 9.17) is 0 Å². The fraction of sp³-hybridized carbons (Fsp3) is 0.353. The van der Waals surface area contributed by atoms with Crippen LogP contribution in [0.4, 0.5) is 0 Å². The van der Waals surface area contributed by atoms with Crippen molar-refractivity contribution in [3.63, 3.8) is 0 Å². The van der Waals surface area contributed by atoms with E-state index in [0.717, 1.165) is 17.2 Å². The molecule has 0 heterocycles. The molecule has 0 aliphatic heterocycles. The number of rotatable bonds is 5. The predicted octanol–water partition coefficient (Wildman–Crippen LogP) is 4.38. The van der Waals surface area contributed by atoms with Crippen molar-refractivity contribution in [3.05, 3.63) is 48.0 Å². The highest BCUT2D eigenvalue weighted by Gasteiger charge is 2.10. The van der Waals surface area contributed by atoms with E-state index in [1.165, 1.54) is 0 Å². The quantitative estimate of drug-likeness (QED) is 0.808. The third kappa shape index (κ3) is 4.07. The lowest BCUT2D eigenvalue weighted by molar-refractivity contribution is 0.0953. The Balaban J connectivity index is 2.00. The van der Waals surface area contributed by atoms with Crippen molar-refractivity contribution in [3.8, 4) is 0 Å². The van der Waals surface area contributed by atoms with Crippen LogP contribution in [-0.2, 0) is 0 Å². The average molecular weight is 334 g/mol. The lowest BCUT2D eigenvalue weighted by atomic mass is 10.1. The molecule has 2 nitrogen and oxygen atoms in total. The fourth-order valence-corrected chi connectivity index (χ4v) is 3.14. The lowest BCUT2D eigenvalue weighted by Gasteiger charge is -2.13. The Hall–Kier alpha value is -1.35. The first-order valence-electron chi connectivity index (χ1n) is 6.97. The first-order valence-corrected chi connectivity index (χ1v) is 7.89. The summed E-state index contributed by atoms with van der Waals surface area (Å²) < 4.78 is 0. The van der Waals surface area contributed by atoms with Crippen LogP contribution in [0.2, 0.25) is 0 Å². The van der Waals surface area contributed by atoms with E-state index in [0.29, 0.717) is 22.9 Å². The summed E-state index contributed by atoms with van der Waals surface area (Å²) in [5.41, 5.74) is 0.716. The maximum atomic E-state index is 12.1. The summed E-state index contributed by atoms with van der Waals surface area (Å²) in [5, 5.41) is 5.23. The fourth-order valence-electron chi connectivity index (χ4n) is 2.23. The molecular weight excluding hydrogens is 314 g/mol. The van der Waals surface area contributed by atoms with Crippen molar-refractivity contribution >= 4 is 32.6 Å². The van der Waals surface area contributed by atoms with Gasteiger partial charge in [0.25, 0.3) is 5.91 Å². The third-order valence-corrected chi connectivity index (χ3v) is 3.92. The van der Waals surface area contributed by atoms with E-state index < -0.39 is 0 Å². The van der Waals surface area contributed by atoms with Crippen LogP contribution < -0.4 is 5.32 Å². The van der Waals surface area contributed by atoms with E-state index in [1.54, 1.807) is 0 Å². The van der Waals surface area contributed by atoms with Crippen molar-refractivity contribution in [2.45, 2.75) is 25.1 Å². The SMILES string of the molecule is CC(C)CC(Br)CNC(=O)c1ccc2ccccc2c1. The number of halogens is 1. The molecule has 0 aliphatic rings. The van der Waals surface area contributed by atoms with Gasteiger partial charge in [-0.3, -0.25) is 4.79 Å². The Labute approximate surface area is 128 Å². The van der Waals surface area contributed by atoms with Crippen molar-refractivity contribution in [1.29, 1.82) is 0 Å². The van der Waals surface area contributed by atoms with Crippen LogP contribution in [0.3, 0.4) is 0 Å². The molecule has 106 valence electrons. The lowest BCUT2D eigenvalue weighted by Crippen LogP contribution is -2.30. The van der Waals surface area contributed by atoms with E-state index in [1.807, 2.05) is 42.5 Å². The van der Waals surface area contributed by atoms with Gasteiger partial charge in [0.2, 0.25) is 0 Å². The van der Waals surface area contributed by atoms with Gasteiger partial charge in [-0.1, -0.05) is 60.1 Å². The van der Waals surface area contributed by atoms with Gasteiger partial charge in [-0.15, -0.1) is 0 Å². The Morgan fingerprint density at radius 3 is 2.55 bits per heavy atom. The zero-order chi connectivity index (χ0) is 14.5. The molecule has 20 heavy (non-hydrogen) atoms. The molecule has 0 spiro atoms. The summed E-state index contributed by atoms with van der Waals surface area (Å²) >= 11 is 3.60. The Morgan fingerprint density at radius 1 is 1.15 bits per heavy atom. The van der Waals surface area contributed by atoms with Gasteiger partial charge in [0, 0.05) is 16.9 Å². The third-order valence-electron chi connectivity index (χ3n) is 3.22. The van der Waals surface area contributed by atoms with Gasteiger partial charge in [-0.05, 0) is 35.2 Å². The monoisotopic (exact) mass is 333 g/mol. The second-order valence-corrected chi connectivity index (χ2v) is 6.79. The van der Waals surface area contributed by atoms with Crippen molar-refractivity contribution in [1.82, 2.24) is 5.32 Å². The Kier molecular flexibility index (Phi) is 5.18. The number of alkyl halides is 1. The molecular formula is C17H20BrNO. The van der Waals surface area contributed by atoms with Gasteiger partial charge in [-0.25, -0.2) is 0 Å². The number of amides is 1. The molecule has 0 aromatic heterocycles. The summed E-state index contributed by atoms with van der Waals surface area (Å²) in [6.07, 6.45) is 1.05. The zero-order valence-electron chi connectivity index (χ0n) is 11.9. The molecule has 1 N–H and O–H groups in total. The molecule has 1 amide bonds. The molecule has 2 aromatic carbocycles. The predicted molar refractivity (Wildman–Crippen MR) is 88.5 cm³/mol. The molecule has 2 aromatic rings. The molecule has 0 bridgehead atoms. The first-order chi connectivity index (χ1) is 9.56. The molecule has 0 radical (unpaired) electrons. The second-order valence-electron chi connectivity index (χ2n) is 5.50. The molecule has 0 saturated heterocycles. The Morgan fingerprint density at radius 2 is 1.85 bits per heavy atom. The number of fused-ring (bicyclic) bond motifs is 1. The second kappa shape index (κ2) is 6.89. The number of carbonyl (C=O) groups excluding carboxylic acids is 1. The molecule has 1 atom stereocenters. The van der Waals surface area contributed by atoms with Crippen LogP contribution in [0.5, 0.6) is 0 Å². The summed E-state index contributed by atoms with van der Waals surface area (Å²) in [4.78, 5) is 12.5. The van der Waals surface area contributed by atoms with Crippen LogP contribution in [0.1, 0.15) is 30.6 Å². The summed E-state index contributed by atoms with van der Waals surface area (Å²) in [6, 6.07) is 13.9. The summed E-state index contributed by atoms with van der Waals surface area (Å²) in [7, 11) is 0. The first kappa shape index (κ1) is 15.0. The number of hydrogen-bond donors (Lipinski definition) is 1. The van der Waals surface area contributed by atoms with E-state index in [-0.39, 0.29) is 5.91 Å². The molecule has 0 saturated carbocycles. The van der Waals surface area contributed by atoms with Gasteiger partial charge in [0.05, 0.1) is 0 Å². The van der Waals surface area contributed by atoms with Gasteiger partial charge in [0.15, 0.2) is 0 Å². The molecule has 2 rings (SSSR count). The number of hydrogen-bond acceptors (Lipinski definition) is 1. The minimum atomic E-state index is -0.0102. The topological polar surface area (TPSA) is 29.1 Å². The smallest absolute Gasteiger partial charge is 0.251 e. The average Bonchev–Trinajstić information content (AvgIpc) is 2.43. The van der Waals surface area contributed by atoms with Gasteiger partial charge < -0.3 is 5.32 Å². The van der Waals surface area contributed by atoms with Crippen molar-refractivity contribution in [2.24, 2.45) is 5.92 Å². The number of carbonyl (C=O) groups is 1. The highest BCUT2D eigenvalue weighted by molar-refractivity contribution is 9.09. The normalized spacial score (nSPS) is 12.6. The van der Waals surface area contributed by atoms with Crippen LogP contribution in [-0.4, -0.2) is 17.3 Å². The molecule has 0 aliphatic carbocycles. The molecule has 1 unspecified atom stereocenters. The van der Waals surface area contributed by atoms with Crippen molar-refractivity contribution < 1.29 is 4.79 Å². The van der Waals surface area contributed by atoms with Crippen molar-refractivity contribution in [2.75, 3.05) is 6.54 Å². The van der Waals surface area contributed by atoms with Gasteiger partial charge in [-0.2, -0.15) is 0 Å². The van der Waals surface area contributed by atoms with E-state index in [9.17, 15) is 4.79 Å². The summed E-state index contributed by atoms with van der Waals surface area (Å²) in [6.45, 7) is 5.02. The maximum absolute atomic E-state index is 12.1. The number of benzene rings is 2. The minimum absolute atomic E-state index is 0.0102. The van der Waals surface area contributed by atoms with Gasteiger partial charge in [0.1, 0.15) is 0 Å². The number of nitrogens with one attached hydrogen (secondary N) is 1. The largest absolute Gasteiger partial charge is 0.351 e. The van der Waals surface area contributed by atoms with E-state index in [2.05, 4.69) is 35.1 Å². The highest BCUT2D eigenvalue weighted by Crippen LogP contribution is 2.16. The van der Waals surface area contributed by atoms with Crippen LogP contribution in [0, 0.1) is 5.92 Å². The maximum Gasteiger partial charge on any atom is 0.251 e. The molecule has 0 fully saturated rings. The molecule has 3 heteroatoms. The van der Waals surface area contributed by atoms with E-state index >= 15 is 0 Å². The standard InChI is InChI=1S/C17H20BrNO/c1-12(2)9-16(18)11-19-17(20)15-8-7-13-5-3-4-6-14(13)10-15/h3-8,10,12,16H,9,11H2,1-2H3,(H,19,20). The minimum Gasteiger partial charge on any atom is -0.351 e. The highest BCUT2D eigenvalue weighted by atomic mass is 79.9. The van der Waals surface area contributed by atoms with Crippen LogP contribution in [0.15, 0.2) is 42.5 Å². The van der Waals surface area contributed by atoms with Crippen LogP contribution >= 0.6 is 15.9 Å². The zero-order valence-corrected chi connectivity index (χ0v) is 13.5. The van der Waals surface area contributed by atoms with Gasteiger partial charge >= 0.3 is 0 Å². The Bertz CT molecular complexity index is 594. The summed E-state index contributed by atoms with van der Waals surface area (Å²) in [5.74, 6) is 0.612.